The first-order valence-corrected chi connectivity index (χ1v) is 9.17. The summed E-state index contributed by atoms with van der Waals surface area (Å²) in [6, 6.07) is 18.1. The summed E-state index contributed by atoms with van der Waals surface area (Å²) in [5, 5.41) is 0.761. The third kappa shape index (κ3) is 4.38. The first-order valence-electron chi connectivity index (χ1n) is 8.05. The molecule has 0 aromatic heterocycles. The summed E-state index contributed by atoms with van der Waals surface area (Å²) in [7, 11) is 0. The lowest BCUT2D eigenvalue weighted by Crippen LogP contribution is -2.40. The highest BCUT2D eigenvalue weighted by molar-refractivity contribution is 9.09. The number of rotatable bonds is 7. The van der Waals surface area contributed by atoms with Gasteiger partial charge in [0.25, 0.3) is 0 Å². The molecule has 128 valence electrons. The van der Waals surface area contributed by atoms with Crippen molar-refractivity contribution in [3.8, 4) is 5.75 Å². The molecule has 2 aromatic carbocycles. The van der Waals surface area contributed by atoms with Crippen LogP contribution in [0.5, 0.6) is 5.75 Å². The van der Waals surface area contributed by atoms with Gasteiger partial charge in [0.15, 0.2) is 5.60 Å². The second-order valence-corrected chi connectivity index (χ2v) is 6.64. The second kappa shape index (κ2) is 8.34. The van der Waals surface area contributed by atoms with Gasteiger partial charge in [-0.3, -0.25) is 0 Å². The predicted molar refractivity (Wildman–Crippen MR) is 99.9 cm³/mol. The zero-order chi connectivity index (χ0) is 17.6. The van der Waals surface area contributed by atoms with Crippen LogP contribution in [0.4, 0.5) is 0 Å². The maximum absolute atomic E-state index is 12.1. The van der Waals surface area contributed by atoms with E-state index in [0.29, 0.717) is 12.4 Å². The van der Waals surface area contributed by atoms with Crippen LogP contribution < -0.4 is 4.74 Å². The first kappa shape index (κ1) is 18.5. The molecule has 0 aliphatic carbocycles. The van der Waals surface area contributed by atoms with Gasteiger partial charge in [-0.1, -0.05) is 64.5 Å². The predicted octanol–water partition coefficient (Wildman–Crippen LogP) is 4.93. The third-order valence-electron chi connectivity index (χ3n) is 3.78. The summed E-state index contributed by atoms with van der Waals surface area (Å²) in [6.45, 7) is 5.58. The molecule has 0 N–H and O–H groups in total. The number of benzene rings is 2. The van der Waals surface area contributed by atoms with Crippen LogP contribution in [0.2, 0.25) is 0 Å². The maximum Gasteiger partial charge on any atom is 0.349 e. The summed E-state index contributed by atoms with van der Waals surface area (Å²) in [4.78, 5) is 12.1. The van der Waals surface area contributed by atoms with E-state index in [-0.39, 0.29) is 11.9 Å². The lowest BCUT2D eigenvalue weighted by Gasteiger charge is -2.27. The summed E-state index contributed by atoms with van der Waals surface area (Å²) in [5.41, 5.74) is 1.19. The van der Waals surface area contributed by atoms with Gasteiger partial charge >= 0.3 is 5.97 Å². The van der Waals surface area contributed by atoms with Gasteiger partial charge in [0.1, 0.15) is 5.75 Å². The van der Waals surface area contributed by atoms with E-state index in [4.69, 9.17) is 9.47 Å². The first-order chi connectivity index (χ1) is 11.5. The molecule has 1 atom stereocenters. The monoisotopic (exact) mass is 390 g/mol. The molecule has 0 bridgehead atoms. The standard InChI is InChI=1S/C20H23BrO3/c1-4-23-19(22)20(2,3)24-18-13-9-8-12-16(18)17(14-21)15-10-6-5-7-11-15/h5-13,17H,4,14H2,1-3H3. The largest absolute Gasteiger partial charge is 0.476 e. The molecule has 2 rings (SSSR count). The molecule has 0 radical (unpaired) electrons. The molecule has 0 aliphatic heterocycles. The molecule has 1 unspecified atom stereocenters. The topological polar surface area (TPSA) is 35.5 Å². The minimum atomic E-state index is -1.04. The average molecular weight is 391 g/mol. The van der Waals surface area contributed by atoms with Crippen molar-refractivity contribution >= 4 is 21.9 Å². The normalized spacial score (nSPS) is 12.5. The number of esters is 1. The molecular weight excluding hydrogens is 368 g/mol. The van der Waals surface area contributed by atoms with E-state index in [1.54, 1.807) is 20.8 Å². The highest BCUT2D eigenvalue weighted by atomic mass is 79.9. The molecule has 3 nitrogen and oxygen atoms in total. The van der Waals surface area contributed by atoms with Gasteiger partial charge < -0.3 is 9.47 Å². The van der Waals surface area contributed by atoms with E-state index in [2.05, 4.69) is 28.1 Å². The summed E-state index contributed by atoms with van der Waals surface area (Å²) >= 11 is 3.61. The zero-order valence-corrected chi connectivity index (χ0v) is 15.9. The molecule has 0 amide bonds. The Morgan fingerprint density at radius 3 is 2.33 bits per heavy atom. The molecule has 0 heterocycles. The van der Waals surface area contributed by atoms with Gasteiger partial charge in [0.2, 0.25) is 0 Å². The highest BCUT2D eigenvalue weighted by Crippen LogP contribution is 2.35. The van der Waals surface area contributed by atoms with Crippen LogP contribution >= 0.6 is 15.9 Å². The van der Waals surface area contributed by atoms with Gasteiger partial charge in [-0.15, -0.1) is 0 Å². The highest BCUT2D eigenvalue weighted by Gasteiger charge is 2.33. The Kier molecular flexibility index (Phi) is 6.44. The Labute approximate surface area is 152 Å². The average Bonchev–Trinajstić information content (AvgIpc) is 2.58. The number of hydrogen-bond donors (Lipinski definition) is 0. The number of hydrogen-bond acceptors (Lipinski definition) is 3. The van der Waals surface area contributed by atoms with E-state index in [9.17, 15) is 4.79 Å². The van der Waals surface area contributed by atoms with E-state index in [0.717, 1.165) is 10.9 Å². The Morgan fingerprint density at radius 1 is 1.08 bits per heavy atom. The van der Waals surface area contributed by atoms with Crippen LogP contribution in [0, 0.1) is 0 Å². The number of halogens is 1. The van der Waals surface area contributed by atoms with E-state index in [1.165, 1.54) is 5.56 Å². The SMILES string of the molecule is CCOC(=O)C(C)(C)Oc1ccccc1C(CBr)c1ccccc1. The molecular formula is C20H23BrO3. The molecule has 0 saturated carbocycles. The number of carbonyl (C=O) groups excluding carboxylic acids is 1. The van der Waals surface area contributed by atoms with Crippen molar-refractivity contribution in [1.82, 2.24) is 0 Å². The molecule has 2 aromatic rings. The molecule has 4 heteroatoms. The summed E-state index contributed by atoms with van der Waals surface area (Å²) in [5.74, 6) is 0.471. The Bertz CT molecular complexity index is 668. The van der Waals surface area contributed by atoms with Gasteiger partial charge in [-0.25, -0.2) is 4.79 Å². The number of carbonyl (C=O) groups is 1. The van der Waals surface area contributed by atoms with Gasteiger partial charge in [0.05, 0.1) is 6.61 Å². The fraction of sp³-hybridized carbons (Fsp3) is 0.350. The molecule has 0 saturated heterocycles. The molecule has 0 aliphatic rings. The molecule has 0 fully saturated rings. The molecule has 0 spiro atoms. The Morgan fingerprint density at radius 2 is 1.71 bits per heavy atom. The van der Waals surface area contributed by atoms with Crippen LogP contribution in [0.1, 0.15) is 37.8 Å². The van der Waals surface area contributed by atoms with Gasteiger partial charge in [-0.2, -0.15) is 0 Å². The lowest BCUT2D eigenvalue weighted by molar-refractivity contribution is -0.158. The van der Waals surface area contributed by atoms with Crippen molar-refractivity contribution in [3.05, 3.63) is 65.7 Å². The van der Waals surface area contributed by atoms with Crippen molar-refractivity contribution in [2.75, 3.05) is 11.9 Å². The van der Waals surface area contributed by atoms with Gasteiger partial charge in [-0.05, 0) is 32.4 Å². The van der Waals surface area contributed by atoms with Crippen LogP contribution in [0.3, 0.4) is 0 Å². The smallest absolute Gasteiger partial charge is 0.349 e. The van der Waals surface area contributed by atoms with Crippen LogP contribution in [0.25, 0.3) is 0 Å². The number of ether oxygens (including phenoxy) is 2. The quantitative estimate of drug-likeness (QED) is 0.496. The Balaban J connectivity index is 2.35. The van der Waals surface area contributed by atoms with Crippen molar-refractivity contribution in [2.24, 2.45) is 0 Å². The van der Waals surface area contributed by atoms with Crippen molar-refractivity contribution in [3.63, 3.8) is 0 Å². The maximum atomic E-state index is 12.1. The third-order valence-corrected chi connectivity index (χ3v) is 4.43. The van der Waals surface area contributed by atoms with Crippen LogP contribution in [-0.2, 0) is 9.53 Å². The van der Waals surface area contributed by atoms with Crippen LogP contribution in [0.15, 0.2) is 54.6 Å². The molecule has 24 heavy (non-hydrogen) atoms. The lowest BCUT2D eigenvalue weighted by atomic mass is 9.92. The summed E-state index contributed by atoms with van der Waals surface area (Å²) < 4.78 is 11.2. The zero-order valence-electron chi connectivity index (χ0n) is 14.3. The van der Waals surface area contributed by atoms with Crippen LogP contribution in [-0.4, -0.2) is 23.5 Å². The Hall–Kier alpha value is -1.81. The van der Waals surface area contributed by atoms with E-state index in [1.807, 2.05) is 42.5 Å². The van der Waals surface area contributed by atoms with Crippen molar-refractivity contribution in [2.45, 2.75) is 32.3 Å². The fourth-order valence-electron chi connectivity index (χ4n) is 2.52. The van der Waals surface area contributed by atoms with Crippen molar-refractivity contribution in [1.29, 1.82) is 0 Å². The minimum absolute atomic E-state index is 0.139. The number of para-hydroxylation sites is 1. The van der Waals surface area contributed by atoms with Crippen molar-refractivity contribution < 1.29 is 14.3 Å². The number of alkyl halides is 1. The van der Waals surface area contributed by atoms with E-state index >= 15 is 0 Å². The fourth-order valence-corrected chi connectivity index (χ4v) is 3.24. The minimum Gasteiger partial charge on any atom is -0.476 e. The summed E-state index contributed by atoms with van der Waals surface area (Å²) in [6.07, 6.45) is 0. The van der Waals surface area contributed by atoms with E-state index < -0.39 is 5.60 Å². The second-order valence-electron chi connectivity index (χ2n) is 5.99. The van der Waals surface area contributed by atoms with Gasteiger partial charge in [0, 0.05) is 16.8 Å².